The second kappa shape index (κ2) is 11.7. The van der Waals surface area contributed by atoms with Gasteiger partial charge in [-0.2, -0.15) is 0 Å². The van der Waals surface area contributed by atoms with E-state index in [1.807, 2.05) is 12.1 Å². The van der Waals surface area contributed by atoms with Crippen LogP contribution in [-0.2, 0) is 20.7 Å². The molecule has 7 nitrogen and oxygen atoms in total. The molecule has 33 heavy (non-hydrogen) atoms. The van der Waals surface area contributed by atoms with Crippen LogP contribution < -0.4 is 0 Å². The highest BCUT2D eigenvalue weighted by Crippen LogP contribution is 2.22. The Morgan fingerprint density at radius 3 is 2.70 bits per heavy atom. The average molecular weight is 471 g/mol. The number of ether oxygens (including phenoxy) is 1. The van der Waals surface area contributed by atoms with Gasteiger partial charge in [0.15, 0.2) is 5.78 Å². The van der Waals surface area contributed by atoms with Gasteiger partial charge in [0, 0.05) is 29.7 Å². The van der Waals surface area contributed by atoms with E-state index in [2.05, 4.69) is 17.0 Å². The van der Waals surface area contributed by atoms with Gasteiger partial charge in [-0.1, -0.05) is 35.9 Å². The number of carbonyl (C=O) groups excluding carboxylic acids is 2. The summed E-state index contributed by atoms with van der Waals surface area (Å²) in [5.41, 5.74) is 1.41. The van der Waals surface area contributed by atoms with Crippen molar-refractivity contribution >= 4 is 35.1 Å². The maximum Gasteiger partial charge on any atom is 0.341 e. The minimum atomic E-state index is -0.715. The van der Waals surface area contributed by atoms with Crippen LogP contribution in [0.1, 0.15) is 37.3 Å². The van der Waals surface area contributed by atoms with Gasteiger partial charge in [-0.25, -0.2) is 4.79 Å². The Kier molecular flexibility index (Phi) is 8.74. The van der Waals surface area contributed by atoms with Crippen LogP contribution in [0.15, 0.2) is 54.1 Å². The Morgan fingerprint density at radius 1 is 1.24 bits per heavy atom. The van der Waals surface area contributed by atoms with Crippen molar-refractivity contribution in [1.82, 2.24) is 4.90 Å². The van der Waals surface area contributed by atoms with E-state index < -0.39 is 16.7 Å². The minimum Gasteiger partial charge on any atom is -0.462 e. The molecule has 3 rings (SSSR count). The zero-order valence-electron chi connectivity index (χ0n) is 18.5. The molecule has 1 saturated heterocycles. The third-order valence-electron chi connectivity index (χ3n) is 5.70. The first kappa shape index (κ1) is 24.6. The molecule has 0 saturated carbocycles. The number of nitro groups is 1. The molecule has 1 unspecified atom stereocenters. The summed E-state index contributed by atoms with van der Waals surface area (Å²) >= 11 is 5.97. The molecule has 0 aromatic heterocycles. The Hall–Kier alpha value is -3.03. The number of halogens is 1. The summed E-state index contributed by atoms with van der Waals surface area (Å²) in [7, 11) is 0. The van der Waals surface area contributed by atoms with Crippen molar-refractivity contribution in [2.24, 2.45) is 0 Å². The molecule has 8 heteroatoms. The smallest absolute Gasteiger partial charge is 0.341 e. The largest absolute Gasteiger partial charge is 0.462 e. The third-order valence-corrected chi connectivity index (χ3v) is 5.95. The summed E-state index contributed by atoms with van der Waals surface area (Å²) in [6, 6.07) is 14.1. The van der Waals surface area contributed by atoms with Crippen LogP contribution in [0.25, 0.3) is 6.08 Å². The van der Waals surface area contributed by atoms with Crippen LogP contribution in [0.5, 0.6) is 0 Å². The van der Waals surface area contributed by atoms with Gasteiger partial charge < -0.3 is 4.74 Å². The first-order chi connectivity index (χ1) is 15.8. The number of likely N-dealkylation sites (tertiary alicyclic amines) is 1. The van der Waals surface area contributed by atoms with Gasteiger partial charge in [-0.05, 0) is 68.5 Å². The fourth-order valence-corrected chi connectivity index (χ4v) is 4.15. The predicted octanol–water partition coefficient (Wildman–Crippen LogP) is 4.86. The van der Waals surface area contributed by atoms with Crippen molar-refractivity contribution in [3.8, 4) is 0 Å². The van der Waals surface area contributed by atoms with Gasteiger partial charge in [0.05, 0.1) is 11.5 Å². The van der Waals surface area contributed by atoms with Crippen molar-refractivity contribution < 1.29 is 19.2 Å². The summed E-state index contributed by atoms with van der Waals surface area (Å²) < 4.78 is 5.34. The number of esters is 1. The van der Waals surface area contributed by atoms with Crippen molar-refractivity contribution in [2.75, 3.05) is 19.7 Å². The molecule has 1 fully saturated rings. The second-order valence-corrected chi connectivity index (χ2v) is 8.55. The molecule has 174 valence electrons. The molecule has 0 radical (unpaired) electrons. The van der Waals surface area contributed by atoms with Crippen molar-refractivity contribution in [1.29, 1.82) is 0 Å². The lowest BCUT2D eigenvalue weighted by Gasteiger charge is -2.24. The first-order valence-corrected chi connectivity index (χ1v) is 11.3. The number of non-ortho nitro benzene ring substituents is 1. The predicted molar refractivity (Wildman–Crippen MR) is 127 cm³/mol. The summed E-state index contributed by atoms with van der Waals surface area (Å²) in [6.07, 6.45) is 5.21. The van der Waals surface area contributed by atoms with E-state index in [1.54, 1.807) is 6.07 Å². The van der Waals surface area contributed by atoms with Crippen molar-refractivity contribution in [3.63, 3.8) is 0 Å². The van der Waals surface area contributed by atoms with E-state index in [0.717, 1.165) is 37.4 Å². The van der Waals surface area contributed by atoms with E-state index in [-0.39, 0.29) is 17.9 Å². The molecular weight excluding hydrogens is 444 g/mol. The number of Topliss-reactive ketones (excluding diaryl/α,β-unsaturated/α-hetero) is 1. The van der Waals surface area contributed by atoms with Gasteiger partial charge in [0.2, 0.25) is 0 Å². The van der Waals surface area contributed by atoms with Crippen LogP contribution >= 0.6 is 11.6 Å². The molecule has 0 amide bonds. The SMILES string of the molecule is CC(=O)C(=Cc1cccc([N+](=O)[O-])c1)C(=O)OCCCN1CCCC1Cc1ccc(Cl)cc1. The maximum atomic E-state index is 12.5. The van der Waals surface area contributed by atoms with Crippen molar-refractivity contribution in [3.05, 3.63) is 80.4 Å². The lowest BCUT2D eigenvalue weighted by molar-refractivity contribution is -0.384. The number of carbonyl (C=O) groups is 2. The molecule has 1 aliphatic heterocycles. The van der Waals surface area contributed by atoms with Crippen LogP contribution in [-0.4, -0.2) is 47.3 Å². The van der Waals surface area contributed by atoms with Gasteiger partial charge >= 0.3 is 5.97 Å². The summed E-state index contributed by atoms with van der Waals surface area (Å²) in [5, 5.41) is 11.7. The summed E-state index contributed by atoms with van der Waals surface area (Å²) in [4.78, 5) is 37.3. The highest BCUT2D eigenvalue weighted by molar-refractivity contribution is 6.30. The van der Waals surface area contributed by atoms with E-state index in [1.165, 1.54) is 36.8 Å². The quantitative estimate of drug-likeness (QED) is 0.0936. The number of hydrogen-bond acceptors (Lipinski definition) is 6. The van der Waals surface area contributed by atoms with Crippen LogP contribution in [0.3, 0.4) is 0 Å². The van der Waals surface area contributed by atoms with E-state index >= 15 is 0 Å². The highest BCUT2D eigenvalue weighted by atomic mass is 35.5. The normalized spacial score (nSPS) is 16.5. The monoisotopic (exact) mass is 470 g/mol. The topological polar surface area (TPSA) is 89.8 Å². The molecule has 2 aromatic carbocycles. The molecule has 0 aliphatic carbocycles. The van der Waals surface area contributed by atoms with E-state index in [9.17, 15) is 19.7 Å². The van der Waals surface area contributed by atoms with Crippen molar-refractivity contribution in [2.45, 2.75) is 38.6 Å². The second-order valence-electron chi connectivity index (χ2n) is 8.12. The Bertz CT molecular complexity index is 1040. The van der Waals surface area contributed by atoms with Gasteiger partial charge in [0.25, 0.3) is 5.69 Å². The zero-order valence-corrected chi connectivity index (χ0v) is 19.3. The lowest BCUT2D eigenvalue weighted by atomic mass is 10.0. The standard InChI is InChI=1S/C25H27ClN2O5/c1-18(29)24(17-20-5-2-6-23(16-20)28(31)32)25(30)33-14-4-13-27-12-3-7-22(27)15-19-8-10-21(26)11-9-19/h2,5-6,8-11,16-17,22H,3-4,7,12-15H2,1H3. The third kappa shape index (κ3) is 7.23. The molecule has 0 N–H and O–H groups in total. The Labute approximate surface area is 198 Å². The highest BCUT2D eigenvalue weighted by Gasteiger charge is 2.24. The number of ketones is 1. The van der Waals surface area contributed by atoms with Gasteiger partial charge in [0.1, 0.15) is 5.57 Å². The fraction of sp³-hybridized carbons (Fsp3) is 0.360. The number of nitro benzene ring substituents is 1. The summed E-state index contributed by atoms with van der Waals surface area (Å²) in [6.45, 7) is 3.28. The van der Waals surface area contributed by atoms with Crippen LogP contribution in [0.2, 0.25) is 5.02 Å². The molecule has 1 atom stereocenters. The summed E-state index contributed by atoms with van der Waals surface area (Å²) in [5.74, 6) is -1.16. The van der Waals surface area contributed by atoms with E-state index in [0.29, 0.717) is 18.0 Å². The first-order valence-electron chi connectivity index (χ1n) is 11.0. The van der Waals surface area contributed by atoms with Gasteiger partial charge in [-0.3, -0.25) is 19.8 Å². The molecule has 0 bridgehead atoms. The Balaban J connectivity index is 1.51. The fourth-order valence-electron chi connectivity index (χ4n) is 4.02. The van der Waals surface area contributed by atoms with Gasteiger partial charge in [-0.15, -0.1) is 0 Å². The average Bonchev–Trinajstić information content (AvgIpc) is 3.23. The lowest BCUT2D eigenvalue weighted by Crippen LogP contribution is -2.32. The number of nitrogens with zero attached hydrogens (tertiary/aromatic N) is 2. The number of rotatable bonds is 10. The molecule has 0 spiro atoms. The maximum absolute atomic E-state index is 12.5. The molecular formula is C25H27ClN2O5. The number of benzene rings is 2. The number of hydrogen-bond donors (Lipinski definition) is 0. The molecule has 2 aromatic rings. The molecule has 1 aliphatic rings. The van der Waals surface area contributed by atoms with Crippen LogP contribution in [0.4, 0.5) is 5.69 Å². The zero-order chi connectivity index (χ0) is 23.8. The molecule has 1 heterocycles. The minimum absolute atomic E-state index is 0.112. The Morgan fingerprint density at radius 2 is 2.00 bits per heavy atom. The van der Waals surface area contributed by atoms with Crippen LogP contribution in [0, 0.1) is 10.1 Å². The van der Waals surface area contributed by atoms with E-state index in [4.69, 9.17) is 16.3 Å².